The molecule has 2 fully saturated rings. The van der Waals surface area contributed by atoms with Crippen LogP contribution in [0, 0.1) is 0 Å². The minimum absolute atomic E-state index is 0.119. The van der Waals surface area contributed by atoms with Crippen LogP contribution < -0.4 is 10.6 Å². The molecule has 2 heterocycles. The number of amides is 4. The van der Waals surface area contributed by atoms with Gasteiger partial charge < -0.3 is 20.4 Å². The van der Waals surface area contributed by atoms with Gasteiger partial charge in [0.05, 0.1) is 6.54 Å². The van der Waals surface area contributed by atoms with Crippen molar-refractivity contribution in [3.8, 4) is 0 Å². The van der Waals surface area contributed by atoms with Crippen molar-refractivity contribution < 1.29 is 19.2 Å². The average Bonchev–Trinajstić information content (AvgIpc) is 2.69. The fraction of sp³-hybridized carbons (Fsp3) is 0.474. The van der Waals surface area contributed by atoms with E-state index in [1.54, 1.807) is 29.2 Å². The number of piperidine rings is 1. The van der Waals surface area contributed by atoms with E-state index in [9.17, 15) is 19.2 Å². The number of nitrogens with zero attached hydrogens (tertiary/aromatic N) is 2. The average molecular weight is 372 g/mol. The highest BCUT2D eigenvalue weighted by molar-refractivity contribution is 5.99. The molecular weight excluding hydrogens is 348 g/mol. The summed E-state index contributed by atoms with van der Waals surface area (Å²) >= 11 is 0. The van der Waals surface area contributed by atoms with Gasteiger partial charge in [-0.1, -0.05) is 18.2 Å². The second-order valence-electron chi connectivity index (χ2n) is 6.84. The molecule has 0 bridgehead atoms. The summed E-state index contributed by atoms with van der Waals surface area (Å²) in [6.45, 7) is 2.81. The SMILES string of the molecule is CC(=O)N1CCN(C(=O)c2ccccc2)C(C(=O)NC2CCCNC2=O)C1. The van der Waals surface area contributed by atoms with Crippen LogP contribution in [0.15, 0.2) is 30.3 Å². The van der Waals surface area contributed by atoms with E-state index in [0.717, 1.165) is 6.42 Å². The van der Waals surface area contributed by atoms with E-state index in [1.165, 1.54) is 11.8 Å². The topological polar surface area (TPSA) is 98.8 Å². The van der Waals surface area contributed by atoms with Crippen molar-refractivity contribution in [2.24, 2.45) is 0 Å². The van der Waals surface area contributed by atoms with E-state index < -0.39 is 18.0 Å². The lowest BCUT2D eigenvalue weighted by atomic mass is 10.0. The molecule has 2 aliphatic heterocycles. The molecule has 144 valence electrons. The number of hydrogen-bond donors (Lipinski definition) is 2. The Bertz CT molecular complexity index is 736. The van der Waals surface area contributed by atoms with E-state index >= 15 is 0 Å². The highest BCUT2D eigenvalue weighted by Gasteiger charge is 2.38. The van der Waals surface area contributed by atoms with E-state index in [0.29, 0.717) is 25.1 Å². The summed E-state index contributed by atoms with van der Waals surface area (Å²) in [5.74, 6) is -1.02. The maximum Gasteiger partial charge on any atom is 0.254 e. The van der Waals surface area contributed by atoms with Gasteiger partial charge in [-0.2, -0.15) is 0 Å². The van der Waals surface area contributed by atoms with Crippen molar-refractivity contribution in [1.29, 1.82) is 0 Å². The van der Waals surface area contributed by atoms with E-state index in [2.05, 4.69) is 10.6 Å². The Morgan fingerprint density at radius 2 is 1.89 bits per heavy atom. The summed E-state index contributed by atoms with van der Waals surface area (Å²) in [7, 11) is 0. The third kappa shape index (κ3) is 4.27. The summed E-state index contributed by atoms with van der Waals surface area (Å²) in [6.07, 6.45) is 1.35. The van der Waals surface area contributed by atoms with E-state index in [4.69, 9.17) is 0 Å². The third-order valence-electron chi connectivity index (χ3n) is 5.01. The molecule has 3 rings (SSSR count). The minimum Gasteiger partial charge on any atom is -0.354 e. The van der Waals surface area contributed by atoms with Crippen molar-refractivity contribution in [3.63, 3.8) is 0 Å². The molecule has 2 N–H and O–H groups in total. The number of rotatable bonds is 3. The van der Waals surface area contributed by atoms with Crippen LogP contribution in [-0.4, -0.2) is 71.7 Å². The van der Waals surface area contributed by atoms with Gasteiger partial charge >= 0.3 is 0 Å². The fourth-order valence-corrected chi connectivity index (χ4v) is 3.46. The Morgan fingerprint density at radius 3 is 2.56 bits per heavy atom. The fourth-order valence-electron chi connectivity index (χ4n) is 3.46. The zero-order valence-corrected chi connectivity index (χ0v) is 15.3. The van der Waals surface area contributed by atoms with Gasteiger partial charge in [0.1, 0.15) is 12.1 Å². The van der Waals surface area contributed by atoms with Gasteiger partial charge in [0.15, 0.2) is 0 Å². The molecule has 1 aromatic carbocycles. The molecule has 8 heteroatoms. The first-order valence-corrected chi connectivity index (χ1v) is 9.17. The van der Waals surface area contributed by atoms with Gasteiger partial charge in [0, 0.05) is 32.1 Å². The molecule has 2 atom stereocenters. The van der Waals surface area contributed by atoms with Crippen LogP contribution in [0.25, 0.3) is 0 Å². The van der Waals surface area contributed by atoms with E-state index in [-0.39, 0.29) is 30.8 Å². The molecule has 0 radical (unpaired) electrons. The standard InChI is InChI=1S/C19H24N4O4/c1-13(24)22-10-11-23(19(27)14-6-3-2-4-7-14)16(12-22)18(26)21-15-8-5-9-20-17(15)25/h2-4,6-7,15-16H,5,8-12H2,1H3,(H,20,25)(H,21,26). The summed E-state index contributed by atoms with van der Waals surface area (Å²) in [6, 6.07) is 7.31. The Hall–Kier alpha value is -2.90. The minimum atomic E-state index is -0.829. The Balaban J connectivity index is 1.78. The molecule has 0 spiro atoms. The van der Waals surface area contributed by atoms with Crippen LogP contribution >= 0.6 is 0 Å². The predicted octanol–water partition coefficient (Wildman–Crippen LogP) is -0.246. The first kappa shape index (κ1) is 18.9. The van der Waals surface area contributed by atoms with Crippen molar-refractivity contribution in [2.45, 2.75) is 31.8 Å². The lowest BCUT2D eigenvalue weighted by Gasteiger charge is -2.40. The largest absolute Gasteiger partial charge is 0.354 e. The van der Waals surface area contributed by atoms with Gasteiger partial charge in [-0.25, -0.2) is 0 Å². The first-order chi connectivity index (χ1) is 13.0. The van der Waals surface area contributed by atoms with Crippen LogP contribution in [-0.2, 0) is 14.4 Å². The summed E-state index contributed by atoms with van der Waals surface area (Å²) in [4.78, 5) is 52.6. The van der Waals surface area contributed by atoms with Crippen molar-refractivity contribution >= 4 is 23.6 Å². The lowest BCUT2D eigenvalue weighted by Crippen LogP contribution is -2.63. The molecule has 0 aliphatic carbocycles. The summed E-state index contributed by atoms with van der Waals surface area (Å²) in [5.41, 5.74) is 0.488. The van der Waals surface area contributed by atoms with Crippen LogP contribution in [0.4, 0.5) is 0 Å². The third-order valence-corrected chi connectivity index (χ3v) is 5.01. The smallest absolute Gasteiger partial charge is 0.254 e. The zero-order chi connectivity index (χ0) is 19.4. The summed E-state index contributed by atoms with van der Waals surface area (Å²) in [5, 5.41) is 5.48. The zero-order valence-electron chi connectivity index (χ0n) is 15.3. The highest BCUT2D eigenvalue weighted by atomic mass is 16.2. The Kier molecular flexibility index (Phi) is 5.73. The van der Waals surface area contributed by atoms with Gasteiger partial charge in [-0.3, -0.25) is 19.2 Å². The van der Waals surface area contributed by atoms with Crippen LogP contribution in [0.5, 0.6) is 0 Å². The molecular formula is C19H24N4O4. The number of benzene rings is 1. The molecule has 4 amide bonds. The first-order valence-electron chi connectivity index (χ1n) is 9.17. The maximum atomic E-state index is 12.9. The number of nitrogens with one attached hydrogen (secondary N) is 2. The van der Waals surface area contributed by atoms with Crippen LogP contribution in [0.3, 0.4) is 0 Å². The summed E-state index contributed by atoms with van der Waals surface area (Å²) < 4.78 is 0. The highest BCUT2D eigenvalue weighted by Crippen LogP contribution is 2.16. The van der Waals surface area contributed by atoms with Crippen molar-refractivity contribution in [2.75, 3.05) is 26.2 Å². The van der Waals surface area contributed by atoms with Crippen LogP contribution in [0.1, 0.15) is 30.1 Å². The lowest BCUT2D eigenvalue weighted by molar-refractivity contribution is -0.137. The molecule has 2 saturated heterocycles. The normalized spacial score (nSPS) is 22.8. The Morgan fingerprint density at radius 1 is 1.15 bits per heavy atom. The van der Waals surface area contributed by atoms with Gasteiger partial charge in [0.25, 0.3) is 5.91 Å². The predicted molar refractivity (Wildman–Crippen MR) is 97.7 cm³/mol. The van der Waals surface area contributed by atoms with E-state index in [1.807, 2.05) is 6.07 Å². The molecule has 2 unspecified atom stereocenters. The van der Waals surface area contributed by atoms with Crippen molar-refractivity contribution in [3.05, 3.63) is 35.9 Å². The van der Waals surface area contributed by atoms with Crippen molar-refractivity contribution in [1.82, 2.24) is 20.4 Å². The quantitative estimate of drug-likeness (QED) is 0.765. The molecule has 2 aliphatic rings. The van der Waals surface area contributed by atoms with Gasteiger partial charge in [0.2, 0.25) is 17.7 Å². The Labute approximate surface area is 157 Å². The number of hydrogen-bond acceptors (Lipinski definition) is 4. The molecule has 0 aromatic heterocycles. The molecule has 8 nitrogen and oxygen atoms in total. The second-order valence-corrected chi connectivity index (χ2v) is 6.84. The molecule has 1 aromatic rings. The number of carbonyl (C=O) groups is 4. The maximum absolute atomic E-state index is 12.9. The number of piperazine rings is 1. The molecule has 27 heavy (non-hydrogen) atoms. The monoisotopic (exact) mass is 372 g/mol. The van der Waals surface area contributed by atoms with Gasteiger partial charge in [-0.15, -0.1) is 0 Å². The van der Waals surface area contributed by atoms with Crippen LogP contribution in [0.2, 0.25) is 0 Å². The second kappa shape index (κ2) is 8.20. The van der Waals surface area contributed by atoms with Gasteiger partial charge in [-0.05, 0) is 25.0 Å². The molecule has 0 saturated carbocycles. The number of carbonyl (C=O) groups excluding carboxylic acids is 4.